The van der Waals surface area contributed by atoms with Gasteiger partial charge in [-0.3, -0.25) is 9.59 Å². The maximum absolute atomic E-state index is 11.8. The normalized spacial score (nSPS) is 29.4. The lowest BCUT2D eigenvalue weighted by Gasteiger charge is -2.17. The summed E-state index contributed by atoms with van der Waals surface area (Å²) in [4.78, 5) is 22.7. The molecule has 2 aliphatic rings. The van der Waals surface area contributed by atoms with Crippen molar-refractivity contribution in [2.24, 2.45) is 11.8 Å². The standard InChI is InChI=1S/C12H19NO4/c14-11(5-8-3-1-2-4-8)13-10-7-17-6-9(10)12(15)16/h8-10H,1-7H2,(H,13,14)(H,15,16). The molecular formula is C12H19NO4. The highest BCUT2D eigenvalue weighted by Gasteiger charge is 2.35. The first-order valence-corrected chi connectivity index (χ1v) is 6.26. The number of nitrogens with one attached hydrogen (secondary N) is 1. The van der Waals surface area contributed by atoms with Gasteiger partial charge in [0, 0.05) is 6.42 Å². The summed E-state index contributed by atoms with van der Waals surface area (Å²) >= 11 is 0. The van der Waals surface area contributed by atoms with E-state index in [0.29, 0.717) is 18.9 Å². The summed E-state index contributed by atoms with van der Waals surface area (Å²) in [5.74, 6) is -1.03. The van der Waals surface area contributed by atoms with Crippen molar-refractivity contribution in [2.45, 2.75) is 38.1 Å². The van der Waals surface area contributed by atoms with Crippen molar-refractivity contribution in [2.75, 3.05) is 13.2 Å². The Balaban J connectivity index is 1.79. The zero-order chi connectivity index (χ0) is 12.3. The van der Waals surface area contributed by atoms with Crippen LogP contribution in [0.4, 0.5) is 0 Å². The number of rotatable bonds is 4. The van der Waals surface area contributed by atoms with Gasteiger partial charge in [0.1, 0.15) is 5.92 Å². The van der Waals surface area contributed by atoms with Gasteiger partial charge in [-0.25, -0.2) is 0 Å². The number of carbonyl (C=O) groups excluding carboxylic acids is 1. The van der Waals surface area contributed by atoms with Crippen LogP contribution in [0.3, 0.4) is 0 Å². The van der Waals surface area contributed by atoms with Crippen LogP contribution in [0.1, 0.15) is 32.1 Å². The Hall–Kier alpha value is -1.10. The van der Waals surface area contributed by atoms with Gasteiger partial charge < -0.3 is 15.2 Å². The quantitative estimate of drug-likeness (QED) is 0.762. The molecule has 1 heterocycles. The summed E-state index contributed by atoms with van der Waals surface area (Å²) in [6.45, 7) is 0.511. The summed E-state index contributed by atoms with van der Waals surface area (Å²) in [7, 11) is 0. The predicted octanol–water partition coefficient (Wildman–Crippen LogP) is 0.782. The SMILES string of the molecule is O=C(CC1CCCC1)NC1COCC1C(=O)O. The minimum absolute atomic E-state index is 0.0290. The minimum Gasteiger partial charge on any atom is -0.481 e. The van der Waals surface area contributed by atoms with Crippen molar-refractivity contribution in [1.82, 2.24) is 5.32 Å². The summed E-state index contributed by atoms with van der Waals surface area (Å²) in [5, 5.41) is 11.7. The average molecular weight is 241 g/mol. The van der Waals surface area contributed by atoms with Crippen LogP contribution in [-0.2, 0) is 14.3 Å². The Kier molecular flexibility index (Phi) is 3.99. The Morgan fingerprint density at radius 1 is 1.24 bits per heavy atom. The van der Waals surface area contributed by atoms with E-state index in [1.54, 1.807) is 0 Å². The van der Waals surface area contributed by atoms with Gasteiger partial charge in [-0.2, -0.15) is 0 Å². The Morgan fingerprint density at radius 3 is 2.59 bits per heavy atom. The molecule has 0 spiro atoms. The molecule has 0 bridgehead atoms. The number of hydrogen-bond acceptors (Lipinski definition) is 3. The van der Waals surface area contributed by atoms with E-state index in [1.165, 1.54) is 12.8 Å². The molecule has 1 aliphatic heterocycles. The second kappa shape index (κ2) is 5.49. The van der Waals surface area contributed by atoms with Crippen molar-refractivity contribution in [3.63, 3.8) is 0 Å². The fourth-order valence-electron chi connectivity index (χ4n) is 2.68. The third kappa shape index (κ3) is 3.19. The minimum atomic E-state index is -0.895. The van der Waals surface area contributed by atoms with E-state index in [9.17, 15) is 9.59 Å². The average Bonchev–Trinajstić information content (AvgIpc) is 2.88. The number of amides is 1. The van der Waals surface area contributed by atoms with E-state index in [4.69, 9.17) is 9.84 Å². The van der Waals surface area contributed by atoms with Crippen molar-refractivity contribution in [1.29, 1.82) is 0 Å². The van der Waals surface area contributed by atoms with Gasteiger partial charge in [0.15, 0.2) is 0 Å². The zero-order valence-corrected chi connectivity index (χ0v) is 9.85. The van der Waals surface area contributed by atoms with E-state index in [-0.39, 0.29) is 18.6 Å². The lowest BCUT2D eigenvalue weighted by Crippen LogP contribution is -2.43. The first-order chi connectivity index (χ1) is 8.16. The van der Waals surface area contributed by atoms with Crippen LogP contribution in [0.5, 0.6) is 0 Å². The lowest BCUT2D eigenvalue weighted by atomic mass is 10.0. The van der Waals surface area contributed by atoms with Crippen LogP contribution in [0.2, 0.25) is 0 Å². The molecule has 2 atom stereocenters. The molecule has 2 rings (SSSR count). The van der Waals surface area contributed by atoms with Crippen LogP contribution in [0.15, 0.2) is 0 Å². The Labute approximate surface area is 101 Å². The molecule has 1 saturated carbocycles. The molecule has 2 unspecified atom stereocenters. The maximum Gasteiger partial charge on any atom is 0.311 e. The molecule has 5 nitrogen and oxygen atoms in total. The summed E-state index contributed by atoms with van der Waals surface area (Å²) in [6.07, 6.45) is 5.20. The monoisotopic (exact) mass is 241 g/mol. The first-order valence-electron chi connectivity index (χ1n) is 6.26. The van der Waals surface area contributed by atoms with Crippen LogP contribution >= 0.6 is 0 Å². The molecule has 2 N–H and O–H groups in total. The Bertz CT molecular complexity index is 299. The predicted molar refractivity (Wildman–Crippen MR) is 60.5 cm³/mol. The van der Waals surface area contributed by atoms with Gasteiger partial charge in [0.05, 0.1) is 19.3 Å². The van der Waals surface area contributed by atoms with Crippen LogP contribution < -0.4 is 5.32 Å². The summed E-state index contributed by atoms with van der Waals surface area (Å²) in [5.41, 5.74) is 0. The highest BCUT2D eigenvalue weighted by molar-refractivity contribution is 5.78. The number of ether oxygens (including phenoxy) is 1. The van der Waals surface area contributed by atoms with E-state index >= 15 is 0 Å². The smallest absolute Gasteiger partial charge is 0.311 e. The lowest BCUT2D eigenvalue weighted by molar-refractivity contribution is -0.142. The third-order valence-corrected chi connectivity index (χ3v) is 3.69. The number of aliphatic carboxylic acids is 1. The van der Waals surface area contributed by atoms with E-state index in [2.05, 4.69) is 5.32 Å². The molecule has 1 amide bonds. The number of carbonyl (C=O) groups is 2. The van der Waals surface area contributed by atoms with Gasteiger partial charge in [-0.15, -0.1) is 0 Å². The molecule has 96 valence electrons. The molecule has 0 aromatic heterocycles. The Morgan fingerprint density at radius 2 is 1.94 bits per heavy atom. The number of hydrogen-bond donors (Lipinski definition) is 2. The van der Waals surface area contributed by atoms with Gasteiger partial charge in [-0.1, -0.05) is 12.8 Å². The van der Waals surface area contributed by atoms with E-state index < -0.39 is 11.9 Å². The van der Waals surface area contributed by atoms with Crippen LogP contribution in [0.25, 0.3) is 0 Å². The van der Waals surface area contributed by atoms with Crippen molar-refractivity contribution in [3.05, 3.63) is 0 Å². The van der Waals surface area contributed by atoms with Crippen molar-refractivity contribution in [3.8, 4) is 0 Å². The highest BCUT2D eigenvalue weighted by Crippen LogP contribution is 2.27. The van der Waals surface area contributed by atoms with Crippen molar-refractivity contribution < 1.29 is 19.4 Å². The second-order valence-corrected chi connectivity index (χ2v) is 5.01. The van der Waals surface area contributed by atoms with E-state index in [0.717, 1.165) is 12.8 Å². The molecule has 17 heavy (non-hydrogen) atoms. The molecular weight excluding hydrogens is 222 g/mol. The second-order valence-electron chi connectivity index (χ2n) is 5.01. The molecule has 0 radical (unpaired) electrons. The molecule has 5 heteroatoms. The van der Waals surface area contributed by atoms with Crippen LogP contribution in [-0.4, -0.2) is 36.2 Å². The van der Waals surface area contributed by atoms with E-state index in [1.807, 2.05) is 0 Å². The van der Waals surface area contributed by atoms with Crippen LogP contribution in [0, 0.1) is 11.8 Å². The zero-order valence-electron chi connectivity index (χ0n) is 9.85. The summed E-state index contributed by atoms with van der Waals surface area (Å²) < 4.78 is 5.11. The maximum atomic E-state index is 11.8. The molecule has 1 saturated heterocycles. The summed E-state index contributed by atoms with van der Waals surface area (Å²) in [6, 6.07) is -0.360. The highest BCUT2D eigenvalue weighted by atomic mass is 16.5. The third-order valence-electron chi connectivity index (χ3n) is 3.69. The molecule has 2 fully saturated rings. The molecule has 0 aromatic rings. The fourth-order valence-corrected chi connectivity index (χ4v) is 2.68. The largest absolute Gasteiger partial charge is 0.481 e. The number of carboxylic acids is 1. The van der Waals surface area contributed by atoms with Crippen molar-refractivity contribution >= 4 is 11.9 Å². The van der Waals surface area contributed by atoms with Gasteiger partial charge in [0.25, 0.3) is 0 Å². The topological polar surface area (TPSA) is 75.6 Å². The first kappa shape index (κ1) is 12.4. The van der Waals surface area contributed by atoms with Gasteiger partial charge in [-0.05, 0) is 18.8 Å². The molecule has 0 aromatic carbocycles. The number of carboxylic acid groups (broad SMARTS) is 1. The molecule has 1 aliphatic carbocycles. The fraction of sp³-hybridized carbons (Fsp3) is 0.833. The van der Waals surface area contributed by atoms with Gasteiger partial charge in [0.2, 0.25) is 5.91 Å². The van der Waals surface area contributed by atoms with Gasteiger partial charge >= 0.3 is 5.97 Å².